The molecule has 0 aliphatic carbocycles. The number of esters is 1. The normalized spacial score (nSPS) is 17.1. The molecule has 31 heavy (non-hydrogen) atoms. The highest BCUT2D eigenvalue weighted by Gasteiger charge is 2.34. The summed E-state index contributed by atoms with van der Waals surface area (Å²) in [5.41, 5.74) is 0.967. The molecule has 10 nitrogen and oxygen atoms in total. The van der Waals surface area contributed by atoms with Gasteiger partial charge in [0.1, 0.15) is 5.70 Å². The van der Waals surface area contributed by atoms with Crippen LogP contribution in [-0.2, 0) is 19.1 Å². The molecular formula is C21H28N4O6. The zero-order chi connectivity index (χ0) is 22.2. The molecule has 2 amide bonds. The van der Waals surface area contributed by atoms with Crippen LogP contribution in [-0.4, -0.2) is 98.9 Å². The maximum absolute atomic E-state index is 12.8. The van der Waals surface area contributed by atoms with E-state index in [0.29, 0.717) is 31.0 Å². The van der Waals surface area contributed by atoms with Crippen molar-refractivity contribution in [3.63, 3.8) is 0 Å². The Kier molecular flexibility index (Phi) is 7.99. The van der Waals surface area contributed by atoms with E-state index in [0.717, 1.165) is 19.6 Å². The number of amides is 2. The topological polar surface area (TPSA) is 120 Å². The fourth-order valence-electron chi connectivity index (χ4n) is 3.52. The zero-order valence-electron chi connectivity index (χ0n) is 17.6. The van der Waals surface area contributed by atoms with Crippen LogP contribution in [0.3, 0.4) is 0 Å². The third-order valence-corrected chi connectivity index (χ3v) is 5.20. The highest BCUT2D eigenvalue weighted by molar-refractivity contribution is 6.09. The van der Waals surface area contributed by atoms with Crippen LogP contribution in [0.2, 0.25) is 0 Å². The molecule has 3 rings (SSSR count). The molecular weight excluding hydrogens is 404 g/mol. The van der Waals surface area contributed by atoms with Crippen molar-refractivity contribution >= 4 is 23.5 Å². The van der Waals surface area contributed by atoms with Crippen molar-refractivity contribution in [2.24, 2.45) is 0 Å². The average molecular weight is 432 g/mol. The summed E-state index contributed by atoms with van der Waals surface area (Å²) in [6, 6.07) is 6.78. The molecule has 0 bridgehead atoms. The number of carbonyl (C=O) groups excluding carboxylic acids is 3. The molecule has 1 saturated heterocycles. The van der Waals surface area contributed by atoms with E-state index in [-0.39, 0.29) is 36.9 Å². The van der Waals surface area contributed by atoms with Crippen molar-refractivity contribution in [1.29, 1.82) is 0 Å². The second kappa shape index (κ2) is 10.9. The van der Waals surface area contributed by atoms with Gasteiger partial charge in [0.15, 0.2) is 0 Å². The molecule has 0 unspecified atom stereocenters. The van der Waals surface area contributed by atoms with Gasteiger partial charge in [0, 0.05) is 32.7 Å². The summed E-state index contributed by atoms with van der Waals surface area (Å²) in [5.74, 6) is -1.35. The second-order valence-electron chi connectivity index (χ2n) is 7.18. The Labute approximate surface area is 180 Å². The van der Waals surface area contributed by atoms with Crippen molar-refractivity contribution in [2.75, 3.05) is 71.5 Å². The van der Waals surface area contributed by atoms with Gasteiger partial charge in [-0.1, -0.05) is 12.1 Å². The van der Waals surface area contributed by atoms with Crippen LogP contribution < -0.4 is 10.6 Å². The maximum Gasteiger partial charge on any atom is 0.337 e. The first kappa shape index (κ1) is 22.7. The third kappa shape index (κ3) is 5.60. The Hall–Kier alpha value is -2.95. The first-order chi connectivity index (χ1) is 15.0. The summed E-state index contributed by atoms with van der Waals surface area (Å²) >= 11 is 0. The number of aliphatic hydroxyl groups is 1. The SMILES string of the molecule is COC(=O)C1=C(Nc2ccccc2C(=O)NCCN2CCOCC2)C(=O)N(CCO)C1. The van der Waals surface area contributed by atoms with Gasteiger partial charge < -0.3 is 30.1 Å². The average Bonchev–Trinajstić information content (AvgIpc) is 3.10. The number of aliphatic hydroxyl groups excluding tert-OH is 1. The Bertz CT molecular complexity index is 850. The Morgan fingerprint density at radius 3 is 2.65 bits per heavy atom. The number of morpholine rings is 1. The Morgan fingerprint density at radius 1 is 1.19 bits per heavy atom. The van der Waals surface area contributed by atoms with Gasteiger partial charge in [-0.15, -0.1) is 0 Å². The summed E-state index contributed by atoms with van der Waals surface area (Å²) in [5, 5.41) is 15.0. The van der Waals surface area contributed by atoms with E-state index in [2.05, 4.69) is 15.5 Å². The van der Waals surface area contributed by atoms with E-state index in [1.54, 1.807) is 24.3 Å². The van der Waals surface area contributed by atoms with Gasteiger partial charge in [0.2, 0.25) is 0 Å². The number of hydrogen-bond donors (Lipinski definition) is 3. The molecule has 3 N–H and O–H groups in total. The van der Waals surface area contributed by atoms with E-state index in [1.807, 2.05) is 0 Å². The Balaban J connectivity index is 1.71. The molecule has 2 aliphatic rings. The quantitative estimate of drug-likeness (QED) is 0.444. The van der Waals surface area contributed by atoms with Gasteiger partial charge in [0.05, 0.1) is 50.3 Å². The highest BCUT2D eigenvalue weighted by Crippen LogP contribution is 2.24. The minimum atomic E-state index is -0.635. The number of rotatable bonds is 9. The molecule has 0 spiro atoms. The van der Waals surface area contributed by atoms with Gasteiger partial charge in [-0.05, 0) is 12.1 Å². The molecule has 168 valence electrons. The number of carbonyl (C=O) groups is 3. The van der Waals surface area contributed by atoms with E-state index >= 15 is 0 Å². The fourth-order valence-corrected chi connectivity index (χ4v) is 3.52. The molecule has 1 aromatic rings. The van der Waals surface area contributed by atoms with Crippen molar-refractivity contribution in [3.05, 3.63) is 41.1 Å². The van der Waals surface area contributed by atoms with Crippen LogP contribution in [0.1, 0.15) is 10.4 Å². The third-order valence-electron chi connectivity index (χ3n) is 5.20. The largest absolute Gasteiger partial charge is 0.466 e. The van der Waals surface area contributed by atoms with E-state index < -0.39 is 11.9 Å². The van der Waals surface area contributed by atoms with Crippen LogP contribution in [0, 0.1) is 0 Å². The lowest BCUT2D eigenvalue weighted by atomic mass is 10.1. The van der Waals surface area contributed by atoms with Gasteiger partial charge in [-0.25, -0.2) is 4.79 Å². The van der Waals surface area contributed by atoms with Crippen LogP contribution >= 0.6 is 0 Å². The summed E-state index contributed by atoms with van der Waals surface area (Å²) < 4.78 is 10.1. The molecule has 2 aliphatic heterocycles. The number of β-amino-alcohol motifs (C(OH)–C–C–N with tert-alkyl or cyclic N) is 1. The maximum atomic E-state index is 12.8. The second-order valence-corrected chi connectivity index (χ2v) is 7.18. The number of anilines is 1. The minimum Gasteiger partial charge on any atom is -0.466 e. The van der Waals surface area contributed by atoms with Gasteiger partial charge >= 0.3 is 5.97 Å². The zero-order valence-corrected chi connectivity index (χ0v) is 17.6. The van der Waals surface area contributed by atoms with Crippen LogP contribution in [0.5, 0.6) is 0 Å². The first-order valence-corrected chi connectivity index (χ1v) is 10.2. The minimum absolute atomic E-state index is 0.0301. The summed E-state index contributed by atoms with van der Waals surface area (Å²) in [7, 11) is 1.24. The lowest BCUT2D eigenvalue weighted by Crippen LogP contribution is -2.41. The fraction of sp³-hybridized carbons (Fsp3) is 0.476. The predicted octanol–water partition coefficient (Wildman–Crippen LogP) is -0.578. The van der Waals surface area contributed by atoms with Gasteiger partial charge in [-0.2, -0.15) is 0 Å². The molecule has 0 saturated carbocycles. The molecule has 0 atom stereocenters. The Morgan fingerprint density at radius 2 is 1.94 bits per heavy atom. The van der Waals surface area contributed by atoms with Crippen molar-refractivity contribution < 1.29 is 29.0 Å². The van der Waals surface area contributed by atoms with E-state index in [4.69, 9.17) is 9.47 Å². The lowest BCUT2D eigenvalue weighted by molar-refractivity contribution is -0.136. The molecule has 0 radical (unpaired) electrons. The van der Waals surface area contributed by atoms with Crippen molar-refractivity contribution in [3.8, 4) is 0 Å². The lowest BCUT2D eigenvalue weighted by Gasteiger charge is -2.26. The number of para-hydroxylation sites is 1. The first-order valence-electron chi connectivity index (χ1n) is 10.2. The number of benzene rings is 1. The summed E-state index contributed by atoms with van der Waals surface area (Å²) in [6.45, 7) is 4.16. The highest BCUT2D eigenvalue weighted by atomic mass is 16.5. The van der Waals surface area contributed by atoms with Crippen LogP contribution in [0.25, 0.3) is 0 Å². The number of hydrogen-bond acceptors (Lipinski definition) is 8. The number of methoxy groups -OCH3 is 1. The van der Waals surface area contributed by atoms with Gasteiger partial charge in [-0.3, -0.25) is 14.5 Å². The van der Waals surface area contributed by atoms with Crippen LogP contribution in [0.15, 0.2) is 35.5 Å². The molecule has 2 heterocycles. The summed E-state index contributed by atoms with van der Waals surface area (Å²) in [6.07, 6.45) is 0. The van der Waals surface area contributed by atoms with Crippen molar-refractivity contribution in [2.45, 2.75) is 0 Å². The smallest absolute Gasteiger partial charge is 0.337 e. The molecule has 1 aromatic carbocycles. The molecule has 1 fully saturated rings. The number of ether oxygens (including phenoxy) is 2. The monoisotopic (exact) mass is 432 g/mol. The van der Waals surface area contributed by atoms with E-state index in [9.17, 15) is 19.5 Å². The van der Waals surface area contributed by atoms with Gasteiger partial charge in [0.25, 0.3) is 11.8 Å². The molecule has 10 heteroatoms. The predicted molar refractivity (Wildman–Crippen MR) is 112 cm³/mol. The standard InChI is InChI=1S/C21H28N4O6/c1-30-21(29)16-14-25(8-11-26)20(28)18(16)23-17-5-3-2-4-15(17)19(27)22-6-7-24-9-12-31-13-10-24/h2-5,23,26H,6-14H2,1H3,(H,22,27). The molecule has 0 aromatic heterocycles. The van der Waals surface area contributed by atoms with Crippen LogP contribution in [0.4, 0.5) is 5.69 Å². The summed E-state index contributed by atoms with van der Waals surface area (Å²) in [4.78, 5) is 41.2. The number of nitrogens with one attached hydrogen (secondary N) is 2. The van der Waals surface area contributed by atoms with E-state index in [1.165, 1.54) is 12.0 Å². The van der Waals surface area contributed by atoms with Crippen molar-refractivity contribution in [1.82, 2.24) is 15.1 Å². The number of nitrogens with zero attached hydrogens (tertiary/aromatic N) is 2.